The standard InChI is InChI=1S/C31H44FN5O5/c1-19(35(5)30(41)42-31(2,3)4)28(39)34-26(20-10-7-6-8-11-20)29(40)37-15-9-12-22(37)17-36-18-24(27(33)38)23-16-21(32)13-14-25(23)36/h13-14,16,18-20,22,26H,6-12,15,17H2,1-5H3,(H2,33,38)(H,34,39)/t19-,22-,26-/m0/s1. The molecule has 1 aromatic heterocycles. The molecule has 0 spiro atoms. The van der Waals surface area contributed by atoms with E-state index in [-0.39, 0.29) is 23.4 Å². The minimum absolute atomic E-state index is 0.00710. The number of benzene rings is 1. The van der Waals surface area contributed by atoms with Crippen LogP contribution in [0.1, 0.15) is 83.0 Å². The van der Waals surface area contributed by atoms with Crippen LogP contribution in [0.25, 0.3) is 10.9 Å². The van der Waals surface area contributed by atoms with Crippen molar-refractivity contribution in [3.8, 4) is 0 Å². The molecule has 2 heterocycles. The third-order valence-electron chi connectivity index (χ3n) is 8.50. The van der Waals surface area contributed by atoms with E-state index in [0.717, 1.165) is 44.9 Å². The topological polar surface area (TPSA) is 127 Å². The van der Waals surface area contributed by atoms with Crippen LogP contribution < -0.4 is 11.1 Å². The van der Waals surface area contributed by atoms with E-state index >= 15 is 0 Å². The number of aromatic nitrogens is 1. The third-order valence-corrected chi connectivity index (χ3v) is 8.50. The molecule has 1 saturated heterocycles. The number of primary amides is 1. The lowest BCUT2D eigenvalue weighted by molar-refractivity contribution is -0.140. The first kappa shape index (κ1) is 31.3. The Balaban J connectivity index is 1.54. The summed E-state index contributed by atoms with van der Waals surface area (Å²) >= 11 is 0. The van der Waals surface area contributed by atoms with Gasteiger partial charge in [-0.05, 0) is 77.5 Å². The maximum atomic E-state index is 14.2. The molecule has 1 aliphatic carbocycles. The van der Waals surface area contributed by atoms with Gasteiger partial charge in [0.25, 0.3) is 5.91 Å². The lowest BCUT2D eigenvalue weighted by atomic mass is 9.83. The average molecular weight is 586 g/mol. The number of amides is 4. The highest BCUT2D eigenvalue weighted by molar-refractivity contribution is 6.06. The van der Waals surface area contributed by atoms with Gasteiger partial charge in [-0.3, -0.25) is 19.3 Å². The molecule has 1 aromatic carbocycles. The minimum atomic E-state index is -0.841. The molecule has 2 aliphatic rings. The minimum Gasteiger partial charge on any atom is -0.444 e. The molecule has 1 saturated carbocycles. The van der Waals surface area contributed by atoms with E-state index in [9.17, 15) is 23.6 Å². The monoisotopic (exact) mass is 585 g/mol. The van der Waals surface area contributed by atoms with E-state index in [1.807, 2.05) is 9.47 Å². The third kappa shape index (κ3) is 7.04. The van der Waals surface area contributed by atoms with Gasteiger partial charge in [0.15, 0.2) is 0 Å². The zero-order valence-corrected chi connectivity index (χ0v) is 25.3. The Bertz CT molecular complexity index is 1330. The van der Waals surface area contributed by atoms with Gasteiger partial charge in [0, 0.05) is 43.3 Å². The van der Waals surface area contributed by atoms with Crippen molar-refractivity contribution in [3.05, 3.63) is 35.8 Å². The zero-order valence-electron chi connectivity index (χ0n) is 25.3. The summed E-state index contributed by atoms with van der Waals surface area (Å²) in [6.07, 6.45) is 7.31. The summed E-state index contributed by atoms with van der Waals surface area (Å²) in [7, 11) is 1.51. The molecule has 2 fully saturated rings. The summed E-state index contributed by atoms with van der Waals surface area (Å²) < 4.78 is 21.3. The fourth-order valence-electron chi connectivity index (χ4n) is 6.13. The van der Waals surface area contributed by atoms with Gasteiger partial charge >= 0.3 is 6.09 Å². The van der Waals surface area contributed by atoms with Crippen LogP contribution in [0, 0.1) is 11.7 Å². The van der Waals surface area contributed by atoms with Crippen LogP contribution in [0.5, 0.6) is 0 Å². The van der Waals surface area contributed by atoms with Crippen molar-refractivity contribution in [2.45, 2.75) is 103 Å². The number of likely N-dealkylation sites (N-methyl/N-ethyl adjacent to an activating group) is 1. The first-order chi connectivity index (χ1) is 19.8. The number of nitrogens with one attached hydrogen (secondary N) is 1. The number of fused-ring (bicyclic) bond motifs is 1. The van der Waals surface area contributed by atoms with Gasteiger partial charge in [0.1, 0.15) is 23.5 Å². The summed E-state index contributed by atoms with van der Waals surface area (Å²) in [6, 6.07) is 2.52. The van der Waals surface area contributed by atoms with Crippen molar-refractivity contribution in [1.29, 1.82) is 0 Å². The maximum Gasteiger partial charge on any atom is 0.410 e. The van der Waals surface area contributed by atoms with Crippen LogP contribution in [0.15, 0.2) is 24.4 Å². The number of likely N-dealkylation sites (tertiary alicyclic amines) is 1. The van der Waals surface area contributed by atoms with Crippen molar-refractivity contribution in [2.24, 2.45) is 11.7 Å². The van der Waals surface area contributed by atoms with Crippen LogP contribution in [0.4, 0.5) is 9.18 Å². The SMILES string of the molecule is C[C@@H](C(=O)N[C@H](C(=O)N1CCC[C@H]1Cn1cc(C(N)=O)c2cc(F)ccc21)C1CCCCC1)N(C)C(=O)OC(C)(C)C. The zero-order chi connectivity index (χ0) is 30.8. The van der Waals surface area contributed by atoms with Gasteiger partial charge in [-0.1, -0.05) is 19.3 Å². The van der Waals surface area contributed by atoms with E-state index in [1.54, 1.807) is 40.0 Å². The molecule has 2 aromatic rings. The molecule has 230 valence electrons. The lowest BCUT2D eigenvalue weighted by Gasteiger charge is -2.36. The van der Waals surface area contributed by atoms with Gasteiger partial charge < -0.3 is 25.3 Å². The molecule has 0 bridgehead atoms. The molecule has 1 aliphatic heterocycles. The first-order valence-electron chi connectivity index (χ1n) is 14.9. The Kier molecular flexibility index (Phi) is 9.47. The van der Waals surface area contributed by atoms with Gasteiger partial charge in [0.2, 0.25) is 11.8 Å². The number of nitrogens with zero attached hydrogens (tertiary/aromatic N) is 3. The highest BCUT2D eigenvalue weighted by atomic mass is 19.1. The fourth-order valence-corrected chi connectivity index (χ4v) is 6.13. The maximum absolute atomic E-state index is 14.2. The number of halogens is 1. The van der Waals surface area contributed by atoms with Crippen molar-refractivity contribution in [3.63, 3.8) is 0 Å². The Morgan fingerprint density at radius 3 is 2.45 bits per heavy atom. The number of hydrogen-bond donors (Lipinski definition) is 2. The normalized spacial score (nSPS) is 19.4. The van der Waals surface area contributed by atoms with Crippen molar-refractivity contribution >= 4 is 34.7 Å². The second-order valence-electron chi connectivity index (χ2n) is 12.7. The van der Waals surface area contributed by atoms with Crippen LogP contribution in [0.3, 0.4) is 0 Å². The van der Waals surface area contributed by atoms with Gasteiger partial charge in [-0.25, -0.2) is 9.18 Å². The summed E-state index contributed by atoms with van der Waals surface area (Å²) in [6.45, 7) is 7.86. The van der Waals surface area contributed by atoms with Gasteiger partial charge in [-0.15, -0.1) is 0 Å². The number of rotatable bonds is 8. The summed E-state index contributed by atoms with van der Waals surface area (Å²) in [5.41, 5.74) is 5.77. The second kappa shape index (κ2) is 12.7. The Morgan fingerprint density at radius 2 is 1.81 bits per heavy atom. The molecule has 0 radical (unpaired) electrons. The lowest BCUT2D eigenvalue weighted by Crippen LogP contribution is -2.57. The Morgan fingerprint density at radius 1 is 1.12 bits per heavy atom. The number of nitrogens with two attached hydrogens (primary N) is 1. The van der Waals surface area contributed by atoms with Gasteiger partial charge in [0.05, 0.1) is 5.56 Å². The number of hydrogen-bond acceptors (Lipinski definition) is 5. The molecular formula is C31H44FN5O5. The molecule has 4 amide bonds. The fraction of sp³-hybridized carbons (Fsp3) is 0.613. The van der Waals surface area contributed by atoms with Crippen LogP contribution in [-0.4, -0.2) is 75.5 Å². The van der Waals surface area contributed by atoms with Crippen molar-refractivity contribution in [2.75, 3.05) is 13.6 Å². The van der Waals surface area contributed by atoms with Crippen LogP contribution >= 0.6 is 0 Å². The number of carbonyl (C=O) groups is 4. The van der Waals surface area contributed by atoms with E-state index in [0.29, 0.717) is 24.0 Å². The molecule has 11 heteroatoms. The number of carbonyl (C=O) groups excluding carboxylic acids is 4. The second-order valence-corrected chi connectivity index (χ2v) is 12.7. The molecule has 3 N–H and O–H groups in total. The smallest absolute Gasteiger partial charge is 0.410 e. The predicted octanol–water partition coefficient (Wildman–Crippen LogP) is 4.19. The summed E-state index contributed by atoms with van der Waals surface area (Å²) in [5, 5.41) is 3.45. The van der Waals surface area contributed by atoms with E-state index in [2.05, 4.69) is 5.32 Å². The Hall–Kier alpha value is -3.63. The molecule has 42 heavy (non-hydrogen) atoms. The molecule has 3 atom stereocenters. The highest BCUT2D eigenvalue weighted by Crippen LogP contribution is 2.31. The van der Waals surface area contributed by atoms with E-state index < -0.39 is 41.4 Å². The van der Waals surface area contributed by atoms with E-state index in [1.165, 1.54) is 24.1 Å². The molecular weight excluding hydrogens is 541 g/mol. The molecule has 4 rings (SSSR count). The Labute approximate surface area is 246 Å². The highest BCUT2D eigenvalue weighted by Gasteiger charge is 2.40. The van der Waals surface area contributed by atoms with Crippen molar-refractivity contribution < 1.29 is 28.3 Å². The molecule has 10 nitrogen and oxygen atoms in total. The summed E-state index contributed by atoms with van der Waals surface area (Å²) in [5.74, 6) is -1.66. The van der Waals surface area contributed by atoms with Crippen molar-refractivity contribution in [1.82, 2.24) is 19.7 Å². The van der Waals surface area contributed by atoms with Crippen LogP contribution in [-0.2, 0) is 20.9 Å². The predicted molar refractivity (Wildman–Crippen MR) is 157 cm³/mol. The van der Waals surface area contributed by atoms with Crippen LogP contribution in [0.2, 0.25) is 0 Å². The quantitative estimate of drug-likeness (QED) is 0.480. The average Bonchev–Trinajstić information content (AvgIpc) is 3.54. The largest absolute Gasteiger partial charge is 0.444 e. The van der Waals surface area contributed by atoms with E-state index in [4.69, 9.17) is 10.5 Å². The number of ether oxygens (including phenoxy) is 1. The summed E-state index contributed by atoms with van der Waals surface area (Å²) in [4.78, 5) is 55.4. The first-order valence-corrected chi connectivity index (χ1v) is 14.9. The van der Waals surface area contributed by atoms with Gasteiger partial charge in [-0.2, -0.15) is 0 Å². The molecule has 0 unspecified atom stereocenters.